The molecule has 2 aliphatic carbocycles. The first-order valence-electron chi connectivity index (χ1n) is 21.5. The minimum Gasteiger partial charge on any atom is -0.382 e. The highest BCUT2D eigenvalue weighted by Gasteiger charge is 2.36. The number of hydrogen-bond donors (Lipinski definition) is 3. The second kappa shape index (κ2) is 22.1. The van der Waals surface area contributed by atoms with E-state index in [1.165, 1.54) is 0 Å². The zero-order valence-corrected chi connectivity index (χ0v) is 37.7. The van der Waals surface area contributed by atoms with E-state index < -0.39 is 11.8 Å². The monoisotopic (exact) mass is 908 g/mol. The van der Waals surface area contributed by atoms with Crippen LogP contribution in [0.25, 0.3) is 11.9 Å². The first kappa shape index (κ1) is 48.3. The fourth-order valence-corrected chi connectivity index (χ4v) is 8.08. The Kier molecular flexibility index (Phi) is 16.9. The van der Waals surface area contributed by atoms with E-state index in [1.54, 1.807) is 29.6 Å². The van der Waals surface area contributed by atoms with Crippen LogP contribution < -0.4 is 20.9 Å². The smallest absolute Gasteiger partial charge is 0.254 e. The minimum absolute atomic E-state index is 0.0334. The number of hydrogen-bond acceptors (Lipinski definition) is 14. The lowest BCUT2D eigenvalue weighted by Crippen LogP contribution is -2.45. The molecule has 4 aliphatic rings. The molecular weight excluding hydrogens is 848 g/mol. The van der Waals surface area contributed by atoms with Gasteiger partial charge in [0.05, 0.1) is 50.0 Å². The van der Waals surface area contributed by atoms with Gasteiger partial charge in [0.15, 0.2) is 0 Å². The van der Waals surface area contributed by atoms with Crippen LogP contribution in [0.3, 0.4) is 0 Å². The molecule has 63 heavy (non-hydrogen) atoms. The maximum Gasteiger partial charge on any atom is 0.254 e. The molecule has 4 aromatic heterocycles. The van der Waals surface area contributed by atoms with Crippen molar-refractivity contribution in [2.45, 2.75) is 115 Å². The van der Waals surface area contributed by atoms with Gasteiger partial charge in [0, 0.05) is 102 Å². The molecule has 2 atom stereocenters. The van der Waals surface area contributed by atoms with Crippen molar-refractivity contribution in [2.24, 2.45) is 0 Å². The summed E-state index contributed by atoms with van der Waals surface area (Å²) < 4.78 is 78.2. The molecule has 0 aromatic carbocycles. The van der Waals surface area contributed by atoms with E-state index in [-0.39, 0.29) is 55.1 Å². The van der Waals surface area contributed by atoms with Crippen molar-refractivity contribution in [3.05, 3.63) is 52.2 Å². The molecule has 0 spiro atoms. The van der Waals surface area contributed by atoms with Gasteiger partial charge in [0.25, 0.3) is 11.9 Å². The molecule has 16 nitrogen and oxygen atoms in total. The number of alkyl halides is 4. The molecule has 0 bridgehead atoms. The number of nitrogens with zero attached hydrogens (tertiary/aromatic N) is 9. The van der Waals surface area contributed by atoms with E-state index in [0.29, 0.717) is 82.1 Å². The average molecular weight is 909 g/mol. The summed E-state index contributed by atoms with van der Waals surface area (Å²) in [6.07, 6.45) is 1.45. The molecule has 6 heterocycles. The molecule has 2 aliphatic heterocycles. The van der Waals surface area contributed by atoms with Gasteiger partial charge in [-0.3, -0.25) is 0 Å². The number of nitrogens with one attached hydrogen (secondary N) is 3. The lowest BCUT2D eigenvalue weighted by atomic mass is 9.92. The van der Waals surface area contributed by atoms with Crippen LogP contribution >= 0.6 is 11.6 Å². The normalized spacial score (nSPS) is 21.5. The summed E-state index contributed by atoms with van der Waals surface area (Å²) >= 11 is 6.07. The summed E-state index contributed by atoms with van der Waals surface area (Å²) in [7, 11) is 3.35. The van der Waals surface area contributed by atoms with Crippen molar-refractivity contribution in [1.29, 1.82) is 0 Å². The fourth-order valence-electron chi connectivity index (χ4n) is 7.90. The Morgan fingerprint density at radius 3 is 1.71 bits per heavy atom. The third kappa shape index (κ3) is 14.4. The summed E-state index contributed by atoms with van der Waals surface area (Å²) in [5.41, 5.74) is 3.56. The van der Waals surface area contributed by atoms with E-state index >= 15 is 0 Å². The van der Waals surface area contributed by atoms with Gasteiger partial charge in [-0.2, -0.15) is 30.1 Å². The zero-order valence-electron chi connectivity index (χ0n) is 37.0. The van der Waals surface area contributed by atoms with Gasteiger partial charge >= 0.3 is 0 Å². The molecular formula is C42H61ClF4N12O4. The SMILES string of the molecule is COCC1CN(c2cc(NC3CCC(F)(F)CC3)nc(-n3nc(C)cc3C)n2)CCO1.COCC1CNCCO1.Cc1cc(C)n(-c2nc(Cl)cc(NC3CCC(F)(F)CC3)n2)n1. The molecule has 4 aromatic rings. The molecule has 4 fully saturated rings. The third-order valence-corrected chi connectivity index (χ3v) is 11.3. The molecule has 2 saturated heterocycles. The quantitative estimate of drug-likeness (QED) is 0.108. The number of anilines is 3. The Bertz CT molecular complexity index is 2050. The number of ether oxygens (including phenoxy) is 4. The number of aryl methyl sites for hydroxylation is 4. The highest BCUT2D eigenvalue weighted by atomic mass is 35.5. The standard InChI is InChI=1S/C21H30F2N6O2.C15H18ClF2N5.C6H13NO2/c1-14-10-15(2)29(27-14)20-25-18(24-16-4-6-21(22,23)7-5-16)11-19(26-20)28-8-9-31-17(12-28)13-30-3;1-9-7-10(2)23(22-9)14-20-12(16)8-13(21-14)19-11-3-5-15(17,18)6-4-11;1-8-5-6-4-7-2-3-9-6/h10-11,16-17H,4-9,12-13H2,1-3H3,(H,24,25,26);7-8,11H,3-6H2,1-2H3,(H,19,20,21);6-7H,2-5H2,1H3. The van der Waals surface area contributed by atoms with Gasteiger partial charge in [-0.15, -0.1) is 0 Å². The van der Waals surface area contributed by atoms with Crippen molar-refractivity contribution in [2.75, 3.05) is 82.4 Å². The minimum atomic E-state index is -2.56. The predicted octanol–water partition coefficient (Wildman–Crippen LogP) is 6.66. The third-order valence-electron chi connectivity index (χ3n) is 11.1. The van der Waals surface area contributed by atoms with Crippen LogP contribution in [0.15, 0.2) is 24.3 Å². The van der Waals surface area contributed by atoms with Crippen LogP contribution in [0.5, 0.6) is 0 Å². The maximum atomic E-state index is 13.6. The van der Waals surface area contributed by atoms with Crippen LogP contribution in [0.2, 0.25) is 5.15 Å². The van der Waals surface area contributed by atoms with Crippen molar-refractivity contribution in [1.82, 2.24) is 44.8 Å². The van der Waals surface area contributed by atoms with Gasteiger partial charge in [-0.1, -0.05) is 11.6 Å². The van der Waals surface area contributed by atoms with Crippen LogP contribution in [-0.4, -0.2) is 142 Å². The lowest BCUT2D eigenvalue weighted by molar-refractivity contribution is -0.0366. The Morgan fingerprint density at radius 1 is 0.714 bits per heavy atom. The fraction of sp³-hybridized carbons (Fsp3) is 0.667. The van der Waals surface area contributed by atoms with Crippen LogP contribution in [0, 0.1) is 27.7 Å². The number of morpholine rings is 2. The molecule has 2 saturated carbocycles. The maximum absolute atomic E-state index is 13.6. The van der Waals surface area contributed by atoms with Gasteiger partial charge in [-0.05, 0) is 65.5 Å². The highest BCUT2D eigenvalue weighted by molar-refractivity contribution is 6.29. The van der Waals surface area contributed by atoms with E-state index in [2.05, 4.69) is 46.0 Å². The summed E-state index contributed by atoms with van der Waals surface area (Å²) in [6.45, 7) is 13.5. The van der Waals surface area contributed by atoms with Gasteiger partial charge in [0.1, 0.15) is 22.6 Å². The number of aromatic nitrogens is 8. The van der Waals surface area contributed by atoms with E-state index in [4.69, 9.17) is 35.5 Å². The van der Waals surface area contributed by atoms with Crippen molar-refractivity contribution < 1.29 is 36.5 Å². The van der Waals surface area contributed by atoms with E-state index in [1.807, 2.05) is 45.9 Å². The topological polar surface area (TPSA) is 163 Å². The van der Waals surface area contributed by atoms with E-state index in [0.717, 1.165) is 48.3 Å². The van der Waals surface area contributed by atoms with Crippen molar-refractivity contribution >= 4 is 29.1 Å². The Balaban J connectivity index is 0.000000180. The van der Waals surface area contributed by atoms with Gasteiger partial charge in [0.2, 0.25) is 11.8 Å². The Labute approximate surface area is 371 Å². The summed E-state index contributed by atoms with van der Waals surface area (Å²) in [5.74, 6) is -2.37. The van der Waals surface area contributed by atoms with E-state index in [9.17, 15) is 17.6 Å². The van der Waals surface area contributed by atoms with Gasteiger partial charge in [-0.25, -0.2) is 26.9 Å². The zero-order chi connectivity index (χ0) is 45.1. The molecule has 2 unspecified atom stereocenters. The summed E-state index contributed by atoms with van der Waals surface area (Å²) in [4.78, 5) is 20.2. The number of halogens is 5. The van der Waals surface area contributed by atoms with Crippen molar-refractivity contribution in [3.63, 3.8) is 0 Å². The predicted molar refractivity (Wildman–Crippen MR) is 232 cm³/mol. The summed E-state index contributed by atoms with van der Waals surface area (Å²) in [6, 6.07) is 7.30. The second-order valence-electron chi connectivity index (χ2n) is 16.6. The van der Waals surface area contributed by atoms with Crippen LogP contribution in [0.4, 0.5) is 35.0 Å². The van der Waals surface area contributed by atoms with Crippen LogP contribution in [-0.2, 0) is 18.9 Å². The molecule has 8 rings (SSSR count). The summed E-state index contributed by atoms with van der Waals surface area (Å²) in [5, 5.41) is 18.9. The second-order valence-corrected chi connectivity index (χ2v) is 16.9. The average Bonchev–Trinajstić information content (AvgIpc) is 3.78. The Hall–Kier alpha value is -4.21. The first-order valence-corrected chi connectivity index (χ1v) is 21.9. The van der Waals surface area contributed by atoms with Crippen LogP contribution in [0.1, 0.15) is 74.1 Å². The number of rotatable bonds is 11. The highest BCUT2D eigenvalue weighted by Crippen LogP contribution is 2.35. The number of methoxy groups -OCH3 is 2. The molecule has 0 radical (unpaired) electrons. The molecule has 348 valence electrons. The Morgan fingerprint density at radius 2 is 1.22 bits per heavy atom. The van der Waals surface area contributed by atoms with Crippen molar-refractivity contribution in [3.8, 4) is 11.9 Å². The lowest BCUT2D eigenvalue weighted by Gasteiger charge is -2.34. The molecule has 0 amide bonds. The first-order chi connectivity index (χ1) is 30.1. The van der Waals surface area contributed by atoms with Gasteiger partial charge < -0.3 is 39.8 Å². The largest absolute Gasteiger partial charge is 0.382 e. The molecule has 3 N–H and O–H groups in total. The molecule has 21 heteroatoms.